The van der Waals surface area contributed by atoms with Gasteiger partial charge >= 0.3 is 0 Å². The third-order valence-electron chi connectivity index (χ3n) is 3.57. The van der Waals surface area contributed by atoms with Crippen LogP contribution in [0.4, 0.5) is 0 Å². The molecular weight excluding hydrogens is 210 g/mol. The van der Waals surface area contributed by atoms with Crippen molar-refractivity contribution in [1.29, 1.82) is 0 Å². The Kier molecular flexibility index (Phi) is 2.63. The van der Waals surface area contributed by atoms with Crippen molar-refractivity contribution >= 4 is 11.0 Å². The molecule has 2 N–H and O–H groups in total. The number of fused-ring (bicyclic) bond motifs is 1. The maximum absolute atomic E-state index is 4.72. The molecule has 90 valence electrons. The molecule has 1 aliphatic rings. The van der Waals surface area contributed by atoms with Crippen molar-refractivity contribution in [2.24, 2.45) is 0 Å². The number of rotatable bonds is 2. The molecule has 3 heteroatoms. The van der Waals surface area contributed by atoms with E-state index >= 15 is 0 Å². The molecule has 1 aromatic carbocycles. The summed E-state index contributed by atoms with van der Waals surface area (Å²) in [5.41, 5.74) is 4.87. The first-order chi connectivity index (χ1) is 8.22. The van der Waals surface area contributed by atoms with E-state index in [9.17, 15) is 0 Å². The Morgan fingerprint density at radius 3 is 3.00 bits per heavy atom. The fraction of sp³-hybridized carbons (Fsp3) is 0.500. The van der Waals surface area contributed by atoms with Crippen molar-refractivity contribution in [2.75, 3.05) is 6.54 Å². The fourth-order valence-corrected chi connectivity index (χ4v) is 2.78. The summed E-state index contributed by atoms with van der Waals surface area (Å²) in [4.78, 5) is 8.17. The van der Waals surface area contributed by atoms with Crippen LogP contribution in [-0.2, 0) is 6.42 Å². The molecule has 0 aliphatic carbocycles. The van der Waals surface area contributed by atoms with Crippen LogP contribution in [0.3, 0.4) is 0 Å². The Morgan fingerprint density at radius 2 is 2.24 bits per heavy atom. The Morgan fingerprint density at radius 1 is 1.35 bits per heavy atom. The molecule has 1 saturated heterocycles. The lowest BCUT2D eigenvalue weighted by Crippen LogP contribution is -2.24. The Bertz CT molecular complexity index is 536. The van der Waals surface area contributed by atoms with Crippen LogP contribution in [0.2, 0.25) is 0 Å². The highest BCUT2D eigenvalue weighted by molar-refractivity contribution is 5.79. The number of aromatic nitrogens is 2. The molecule has 0 radical (unpaired) electrons. The summed E-state index contributed by atoms with van der Waals surface area (Å²) < 4.78 is 0. The van der Waals surface area contributed by atoms with Crippen molar-refractivity contribution < 1.29 is 0 Å². The lowest BCUT2D eigenvalue weighted by Gasteiger charge is -2.06. The summed E-state index contributed by atoms with van der Waals surface area (Å²) in [5, 5.41) is 3.52. The first-order valence-corrected chi connectivity index (χ1v) is 6.41. The zero-order valence-electron chi connectivity index (χ0n) is 10.5. The minimum absolute atomic E-state index is 0.608. The molecule has 3 rings (SSSR count). The van der Waals surface area contributed by atoms with Crippen molar-refractivity contribution in [1.82, 2.24) is 15.3 Å². The second kappa shape index (κ2) is 4.15. The predicted molar refractivity (Wildman–Crippen MR) is 70.3 cm³/mol. The van der Waals surface area contributed by atoms with E-state index in [4.69, 9.17) is 4.98 Å². The van der Waals surface area contributed by atoms with Gasteiger partial charge in [-0.25, -0.2) is 4.98 Å². The number of nitrogens with zero attached hydrogens (tertiary/aromatic N) is 1. The highest BCUT2D eigenvalue weighted by Crippen LogP contribution is 2.19. The molecule has 1 aromatic heterocycles. The molecule has 2 aromatic rings. The monoisotopic (exact) mass is 229 g/mol. The standard InChI is InChI=1S/C14H19N3/c1-9-6-10(2)14-12(7-9)16-13(17-14)8-11-4-3-5-15-11/h6-7,11,15H,3-5,8H2,1-2H3,(H,16,17). The van der Waals surface area contributed by atoms with Crippen molar-refractivity contribution in [2.45, 2.75) is 39.2 Å². The first kappa shape index (κ1) is 10.8. The molecule has 1 aliphatic heterocycles. The average molecular weight is 229 g/mol. The predicted octanol–water partition coefficient (Wildman–Crippen LogP) is 2.47. The molecule has 0 bridgehead atoms. The zero-order valence-corrected chi connectivity index (χ0v) is 10.5. The van der Waals surface area contributed by atoms with E-state index in [1.807, 2.05) is 0 Å². The van der Waals surface area contributed by atoms with Crippen molar-refractivity contribution in [3.05, 3.63) is 29.1 Å². The molecule has 1 unspecified atom stereocenters. The molecule has 0 amide bonds. The van der Waals surface area contributed by atoms with Gasteiger partial charge in [0, 0.05) is 12.5 Å². The normalized spacial score (nSPS) is 20.2. The van der Waals surface area contributed by atoms with E-state index in [-0.39, 0.29) is 0 Å². The quantitative estimate of drug-likeness (QED) is 0.830. The third kappa shape index (κ3) is 2.07. The maximum Gasteiger partial charge on any atom is 0.108 e. The first-order valence-electron chi connectivity index (χ1n) is 6.41. The van der Waals surface area contributed by atoms with Crippen LogP contribution in [0.5, 0.6) is 0 Å². The third-order valence-corrected chi connectivity index (χ3v) is 3.57. The van der Waals surface area contributed by atoms with Crippen LogP contribution in [0.25, 0.3) is 11.0 Å². The van der Waals surface area contributed by atoms with Gasteiger partial charge in [-0.05, 0) is 50.4 Å². The summed E-state index contributed by atoms with van der Waals surface area (Å²) in [6, 6.07) is 4.98. The van der Waals surface area contributed by atoms with Gasteiger partial charge in [0.05, 0.1) is 11.0 Å². The second-order valence-corrected chi connectivity index (χ2v) is 5.16. The van der Waals surface area contributed by atoms with Crippen LogP contribution in [-0.4, -0.2) is 22.6 Å². The molecule has 0 saturated carbocycles. The molecule has 1 fully saturated rings. The van der Waals surface area contributed by atoms with E-state index in [0.717, 1.165) is 24.3 Å². The number of nitrogens with one attached hydrogen (secondary N) is 2. The minimum atomic E-state index is 0.608. The van der Waals surface area contributed by atoms with Crippen LogP contribution < -0.4 is 5.32 Å². The van der Waals surface area contributed by atoms with E-state index in [0.29, 0.717) is 6.04 Å². The van der Waals surface area contributed by atoms with E-state index in [1.54, 1.807) is 0 Å². The van der Waals surface area contributed by atoms with Crippen LogP contribution in [0.1, 0.15) is 29.8 Å². The molecular formula is C14H19N3. The summed E-state index contributed by atoms with van der Waals surface area (Å²) >= 11 is 0. The molecule has 1 atom stereocenters. The number of aryl methyl sites for hydroxylation is 2. The van der Waals surface area contributed by atoms with E-state index in [1.165, 1.54) is 29.5 Å². The Hall–Kier alpha value is -1.35. The zero-order chi connectivity index (χ0) is 11.8. The smallest absolute Gasteiger partial charge is 0.108 e. The van der Waals surface area contributed by atoms with Gasteiger partial charge in [0.1, 0.15) is 5.82 Å². The number of hydrogen-bond acceptors (Lipinski definition) is 2. The van der Waals surface area contributed by atoms with E-state index in [2.05, 4.69) is 36.3 Å². The maximum atomic E-state index is 4.72. The lowest BCUT2D eigenvalue weighted by atomic mass is 10.1. The number of imidazole rings is 1. The minimum Gasteiger partial charge on any atom is -0.342 e. The van der Waals surface area contributed by atoms with Crippen LogP contribution in [0.15, 0.2) is 12.1 Å². The summed E-state index contributed by atoms with van der Waals surface area (Å²) in [5.74, 6) is 1.12. The average Bonchev–Trinajstić information content (AvgIpc) is 2.87. The molecule has 3 nitrogen and oxygen atoms in total. The number of hydrogen-bond donors (Lipinski definition) is 2. The van der Waals surface area contributed by atoms with Crippen LogP contribution >= 0.6 is 0 Å². The topological polar surface area (TPSA) is 40.7 Å². The van der Waals surface area contributed by atoms with Gasteiger partial charge < -0.3 is 10.3 Å². The number of H-pyrrole nitrogens is 1. The summed E-state index contributed by atoms with van der Waals surface area (Å²) in [7, 11) is 0. The molecule has 17 heavy (non-hydrogen) atoms. The Labute approximate surface area is 102 Å². The van der Waals surface area contributed by atoms with Crippen molar-refractivity contribution in [3.8, 4) is 0 Å². The second-order valence-electron chi connectivity index (χ2n) is 5.16. The van der Waals surface area contributed by atoms with Gasteiger partial charge in [0.25, 0.3) is 0 Å². The van der Waals surface area contributed by atoms with Gasteiger partial charge in [0.2, 0.25) is 0 Å². The number of aromatic amines is 1. The van der Waals surface area contributed by atoms with Gasteiger partial charge in [-0.2, -0.15) is 0 Å². The van der Waals surface area contributed by atoms with Gasteiger partial charge in [-0.3, -0.25) is 0 Å². The highest BCUT2D eigenvalue weighted by Gasteiger charge is 2.16. The number of benzene rings is 1. The van der Waals surface area contributed by atoms with E-state index < -0.39 is 0 Å². The molecule has 2 heterocycles. The Balaban J connectivity index is 1.93. The SMILES string of the molecule is Cc1cc(C)c2nc(CC3CCCN3)[nH]c2c1. The molecule has 0 spiro atoms. The van der Waals surface area contributed by atoms with Gasteiger partial charge in [-0.15, -0.1) is 0 Å². The lowest BCUT2D eigenvalue weighted by molar-refractivity contribution is 0.589. The highest BCUT2D eigenvalue weighted by atomic mass is 15.0. The van der Waals surface area contributed by atoms with Crippen LogP contribution in [0, 0.1) is 13.8 Å². The summed E-state index contributed by atoms with van der Waals surface area (Å²) in [6.45, 7) is 5.42. The fourth-order valence-electron chi connectivity index (χ4n) is 2.78. The van der Waals surface area contributed by atoms with Crippen molar-refractivity contribution in [3.63, 3.8) is 0 Å². The summed E-state index contributed by atoms with van der Waals surface area (Å²) in [6.07, 6.45) is 3.59. The van der Waals surface area contributed by atoms with Gasteiger partial charge in [-0.1, -0.05) is 6.07 Å². The largest absolute Gasteiger partial charge is 0.342 e. The van der Waals surface area contributed by atoms with Gasteiger partial charge in [0.15, 0.2) is 0 Å².